The third kappa shape index (κ3) is 7.51. The molecule has 0 aromatic carbocycles. The summed E-state index contributed by atoms with van der Waals surface area (Å²) in [5, 5.41) is 6.64. The molecule has 0 fully saturated rings. The molecule has 0 spiro atoms. The molecule has 0 radical (unpaired) electrons. The van der Waals surface area contributed by atoms with E-state index >= 15 is 0 Å². The van der Waals surface area contributed by atoms with E-state index in [1.807, 2.05) is 13.8 Å². The Morgan fingerprint density at radius 1 is 1.36 bits per heavy atom. The van der Waals surface area contributed by atoms with Crippen LogP contribution in [0, 0.1) is 5.92 Å². The summed E-state index contributed by atoms with van der Waals surface area (Å²) in [5.74, 6) is -0.605. The van der Waals surface area contributed by atoms with Gasteiger partial charge in [0, 0.05) is 12.3 Å². The van der Waals surface area contributed by atoms with Gasteiger partial charge in [-0.1, -0.05) is 35.1 Å². The molecule has 0 bridgehead atoms. The molecule has 2 aromatic heterocycles. The lowest BCUT2D eigenvalue weighted by Gasteiger charge is -2.13. The average molecular weight is 419 g/mol. The van der Waals surface area contributed by atoms with Crippen LogP contribution in [-0.4, -0.2) is 47.7 Å². The number of nitrogens with zero attached hydrogens (tertiary/aromatic N) is 3. The largest absolute Gasteiger partial charge is 0.365 e. The Balaban J connectivity index is 0.00000235. The van der Waals surface area contributed by atoms with Gasteiger partial charge in [0.05, 0.1) is 18.0 Å². The number of amides is 1. The van der Waals surface area contributed by atoms with E-state index in [2.05, 4.69) is 20.4 Å². The van der Waals surface area contributed by atoms with Gasteiger partial charge >= 0.3 is 7.60 Å². The predicted octanol–water partition coefficient (Wildman–Crippen LogP) is 1.76. The summed E-state index contributed by atoms with van der Waals surface area (Å²) < 4.78 is 17.2. The first kappa shape index (κ1) is 25.9. The number of aromatic nitrogens is 4. The summed E-state index contributed by atoms with van der Waals surface area (Å²) in [6, 6.07) is 0. The van der Waals surface area contributed by atoms with E-state index in [-0.39, 0.29) is 37.3 Å². The van der Waals surface area contributed by atoms with E-state index in [0.29, 0.717) is 5.69 Å². The van der Waals surface area contributed by atoms with Crippen molar-refractivity contribution >= 4 is 25.1 Å². The molecule has 1 amide bonds. The summed E-state index contributed by atoms with van der Waals surface area (Å²) in [7, 11) is -4.26. The Hall–Kier alpha value is -2.07. The Morgan fingerprint density at radius 3 is 2.50 bits per heavy atom. The zero-order valence-electron chi connectivity index (χ0n) is 16.0. The highest BCUT2D eigenvalue weighted by Gasteiger charge is 2.18. The molecule has 1 atom stereocenters. The van der Waals surface area contributed by atoms with Gasteiger partial charge in [-0.2, -0.15) is 0 Å². The van der Waals surface area contributed by atoms with Gasteiger partial charge in [0.2, 0.25) is 17.5 Å². The highest BCUT2D eigenvalue weighted by molar-refractivity contribution is 7.51. The summed E-state index contributed by atoms with van der Waals surface area (Å²) in [6.07, 6.45) is 0.398. The van der Waals surface area contributed by atoms with Crippen molar-refractivity contribution in [2.24, 2.45) is 5.92 Å². The first-order valence-electron chi connectivity index (χ1n) is 8.51. The van der Waals surface area contributed by atoms with Crippen LogP contribution in [0.25, 0.3) is 5.65 Å². The number of hydrogen-bond acceptors (Lipinski definition) is 6. The van der Waals surface area contributed by atoms with Crippen molar-refractivity contribution in [2.75, 3.05) is 11.7 Å². The minimum absolute atomic E-state index is 0. The highest BCUT2D eigenvalue weighted by Crippen LogP contribution is 2.34. The Kier molecular flexibility index (Phi) is 10.2. The summed E-state index contributed by atoms with van der Waals surface area (Å²) in [5.41, 5.74) is 0.0168. The average Bonchev–Trinajstić information content (AvgIpc) is 2.97. The summed E-state index contributed by atoms with van der Waals surface area (Å²) in [4.78, 5) is 47.9. The number of nitrogens with one attached hydrogen (secondary N) is 2. The van der Waals surface area contributed by atoms with Crippen molar-refractivity contribution in [2.45, 2.75) is 54.6 Å². The summed E-state index contributed by atoms with van der Waals surface area (Å²) >= 11 is 0. The lowest BCUT2D eigenvalue weighted by molar-refractivity contribution is -0.118. The van der Waals surface area contributed by atoms with Crippen LogP contribution < -0.4 is 10.9 Å². The number of rotatable bonds is 7. The molecule has 0 saturated heterocycles. The lowest BCUT2D eigenvalue weighted by Crippen LogP contribution is -2.24. The smallest absolute Gasteiger partial charge is 0.350 e. The van der Waals surface area contributed by atoms with E-state index in [4.69, 9.17) is 14.5 Å². The van der Waals surface area contributed by atoms with Gasteiger partial charge in [0.25, 0.3) is 5.56 Å². The van der Waals surface area contributed by atoms with Gasteiger partial charge in [-0.25, -0.2) is 9.50 Å². The number of imidazole rings is 1. The van der Waals surface area contributed by atoms with Crippen LogP contribution in [0.15, 0.2) is 11.0 Å². The fourth-order valence-corrected chi connectivity index (χ4v) is 2.42. The number of carbonyl (C=O) groups excluding carboxylic acids is 1. The molecule has 2 aromatic rings. The molecule has 4 N–H and O–H groups in total. The zero-order valence-corrected chi connectivity index (χ0v) is 16.9. The highest BCUT2D eigenvalue weighted by atomic mass is 31.2. The maximum atomic E-state index is 12.0. The minimum Gasteiger partial charge on any atom is -0.365 e. The maximum absolute atomic E-state index is 12.0. The van der Waals surface area contributed by atoms with Crippen LogP contribution in [0.1, 0.15) is 47.7 Å². The van der Waals surface area contributed by atoms with Crippen LogP contribution in [-0.2, 0) is 20.5 Å². The number of hydrogen-bond donors (Lipinski definition) is 4. The number of aromatic amines is 1. The molecule has 160 valence electrons. The van der Waals surface area contributed by atoms with Crippen LogP contribution in [0.4, 0.5) is 5.95 Å². The molecular formula is C16H30N5O6P. The monoisotopic (exact) mass is 419 g/mol. The van der Waals surface area contributed by atoms with Crippen molar-refractivity contribution in [3.8, 4) is 0 Å². The molecule has 0 aliphatic rings. The quantitative estimate of drug-likeness (QED) is 0.494. The van der Waals surface area contributed by atoms with Gasteiger partial charge in [0.1, 0.15) is 6.35 Å². The van der Waals surface area contributed by atoms with E-state index < -0.39 is 25.6 Å². The van der Waals surface area contributed by atoms with Crippen molar-refractivity contribution in [3.63, 3.8) is 0 Å². The third-order valence-electron chi connectivity index (χ3n) is 3.23. The second kappa shape index (κ2) is 11.1. The molecule has 0 saturated carbocycles. The molecule has 1 unspecified atom stereocenters. The standard InChI is InChI=1S/C13H20N5O6P.C2H6.CH4/c1-7(2)11(19)15-13-16-12(20)10-14-5-9(18(10)17-13)4-8(3)24-6-25(21,22)23;1-2;/h5,7-8H,4,6H2,1-3H3,(H2,21,22,23)(H2,15,16,17,19,20);1-2H3;1H4. The molecule has 28 heavy (non-hydrogen) atoms. The van der Waals surface area contributed by atoms with Crippen LogP contribution in [0.3, 0.4) is 0 Å². The van der Waals surface area contributed by atoms with Gasteiger partial charge in [0.15, 0.2) is 0 Å². The normalized spacial score (nSPS) is 12.1. The second-order valence-corrected chi connectivity index (χ2v) is 7.49. The predicted molar refractivity (Wildman–Crippen MR) is 106 cm³/mol. The lowest BCUT2D eigenvalue weighted by atomic mass is 10.2. The zero-order chi connectivity index (χ0) is 20.8. The fraction of sp³-hybridized carbons (Fsp3) is 0.625. The third-order valence-corrected chi connectivity index (χ3v) is 3.72. The molecule has 12 heteroatoms. The number of carbonyl (C=O) groups is 1. The first-order chi connectivity index (χ1) is 12.6. The van der Waals surface area contributed by atoms with Crippen molar-refractivity contribution < 1.29 is 23.9 Å². The number of anilines is 1. The van der Waals surface area contributed by atoms with E-state index in [0.717, 1.165) is 0 Å². The second-order valence-electron chi connectivity index (χ2n) is 5.91. The van der Waals surface area contributed by atoms with Crippen LogP contribution >= 0.6 is 7.60 Å². The van der Waals surface area contributed by atoms with Crippen LogP contribution in [0.5, 0.6) is 0 Å². The molecule has 2 rings (SSSR count). The van der Waals surface area contributed by atoms with Crippen molar-refractivity contribution in [1.29, 1.82) is 0 Å². The van der Waals surface area contributed by atoms with Crippen LogP contribution in [0.2, 0.25) is 0 Å². The maximum Gasteiger partial charge on any atom is 0.350 e. The van der Waals surface area contributed by atoms with Gasteiger partial charge in [-0.3, -0.25) is 24.5 Å². The Morgan fingerprint density at radius 2 is 1.96 bits per heavy atom. The topological polar surface area (TPSA) is 159 Å². The van der Waals surface area contributed by atoms with Gasteiger partial charge in [-0.15, -0.1) is 5.10 Å². The molecule has 0 aliphatic heterocycles. The fourth-order valence-electron chi connectivity index (χ4n) is 1.97. The number of H-pyrrole nitrogens is 1. The molecule has 11 nitrogen and oxygen atoms in total. The van der Waals surface area contributed by atoms with Crippen molar-refractivity contribution in [3.05, 3.63) is 22.2 Å². The number of ether oxygens (including phenoxy) is 1. The number of fused-ring (bicyclic) bond motifs is 1. The van der Waals surface area contributed by atoms with Crippen molar-refractivity contribution in [1.82, 2.24) is 19.6 Å². The SMILES string of the molecule is C.CC.CC(Cc1cnc2c(=O)[nH]c(NC(=O)C(C)C)nn12)OCP(=O)(O)O. The molecular weight excluding hydrogens is 389 g/mol. The summed E-state index contributed by atoms with van der Waals surface area (Å²) in [6.45, 7) is 9.03. The van der Waals surface area contributed by atoms with E-state index in [1.165, 1.54) is 10.7 Å². The van der Waals surface area contributed by atoms with Gasteiger partial charge < -0.3 is 14.5 Å². The van der Waals surface area contributed by atoms with Gasteiger partial charge in [-0.05, 0) is 6.92 Å². The minimum atomic E-state index is -4.26. The molecule has 2 heterocycles. The Bertz CT molecular complexity index is 872. The Labute approximate surface area is 163 Å². The molecule has 0 aliphatic carbocycles. The first-order valence-corrected chi connectivity index (χ1v) is 10.3. The van der Waals surface area contributed by atoms with E-state index in [1.54, 1.807) is 20.8 Å². The van der Waals surface area contributed by atoms with E-state index in [9.17, 15) is 14.2 Å².